The summed E-state index contributed by atoms with van der Waals surface area (Å²) in [6.45, 7) is 3.37. The average Bonchev–Trinajstić information content (AvgIpc) is 3.03. The first-order valence-electron chi connectivity index (χ1n) is 8.95. The number of rotatable bonds is 6. The van der Waals surface area contributed by atoms with Crippen LogP contribution < -0.4 is 14.2 Å². The second-order valence-corrected chi connectivity index (χ2v) is 9.87. The Morgan fingerprint density at radius 3 is 2.61 bits per heavy atom. The standard InChI is InChI=1S/C20H17IN2O6S2/c1-3-28-16-10-13(11-17-19(25)23-20(30-17)22-12(2)24)9-15(21)18(16)29-31(26,27)14-7-5-4-6-8-14/h4-11H,3H2,1-2H3,(H,22,23,24,25)/b17-11+. The maximum Gasteiger partial charge on any atom is 0.339 e. The van der Waals surface area contributed by atoms with Crippen molar-refractivity contribution in [1.82, 2.24) is 5.32 Å². The van der Waals surface area contributed by atoms with Crippen molar-refractivity contribution in [3.8, 4) is 11.5 Å². The van der Waals surface area contributed by atoms with E-state index >= 15 is 0 Å². The second-order valence-electron chi connectivity index (χ2n) is 6.13. The summed E-state index contributed by atoms with van der Waals surface area (Å²) in [4.78, 5) is 27.4. The third-order valence-electron chi connectivity index (χ3n) is 3.76. The molecule has 0 fully saturated rings. The summed E-state index contributed by atoms with van der Waals surface area (Å²) in [6, 6.07) is 11.0. The molecule has 2 amide bonds. The molecule has 0 atom stereocenters. The van der Waals surface area contributed by atoms with Crippen LogP contribution in [0.4, 0.5) is 0 Å². The molecule has 1 N–H and O–H groups in total. The molecule has 0 spiro atoms. The molecular formula is C20H17IN2O6S2. The maximum atomic E-state index is 12.7. The molecular weight excluding hydrogens is 555 g/mol. The molecule has 162 valence electrons. The smallest absolute Gasteiger partial charge is 0.339 e. The van der Waals surface area contributed by atoms with Gasteiger partial charge in [-0.3, -0.25) is 9.59 Å². The fraction of sp³-hybridized carbons (Fsp3) is 0.150. The molecule has 3 rings (SSSR count). The molecule has 0 saturated heterocycles. The number of hydrogen-bond donors (Lipinski definition) is 1. The van der Waals surface area contributed by atoms with Crippen LogP contribution in [-0.2, 0) is 19.7 Å². The van der Waals surface area contributed by atoms with E-state index in [1.54, 1.807) is 43.3 Å². The lowest BCUT2D eigenvalue weighted by Gasteiger charge is -2.14. The van der Waals surface area contributed by atoms with Gasteiger partial charge in [0.2, 0.25) is 5.91 Å². The van der Waals surface area contributed by atoms with Gasteiger partial charge in [-0.1, -0.05) is 18.2 Å². The topological polar surface area (TPSA) is 111 Å². The van der Waals surface area contributed by atoms with Crippen molar-refractivity contribution >= 4 is 67.5 Å². The molecule has 31 heavy (non-hydrogen) atoms. The summed E-state index contributed by atoms with van der Waals surface area (Å²) >= 11 is 2.98. The zero-order chi connectivity index (χ0) is 22.6. The number of thioether (sulfide) groups is 1. The SMILES string of the molecule is CCOc1cc(/C=C2/SC(NC(C)=O)=NC2=O)cc(I)c1OS(=O)(=O)c1ccccc1. The Hall–Kier alpha value is -2.38. The largest absolute Gasteiger partial charge is 0.490 e. The van der Waals surface area contributed by atoms with Crippen LogP contribution in [0.2, 0.25) is 0 Å². The van der Waals surface area contributed by atoms with E-state index < -0.39 is 16.0 Å². The van der Waals surface area contributed by atoms with Crippen LogP contribution in [0.1, 0.15) is 19.4 Å². The predicted molar refractivity (Wildman–Crippen MR) is 126 cm³/mol. The van der Waals surface area contributed by atoms with Crippen molar-refractivity contribution in [3.05, 3.63) is 56.5 Å². The van der Waals surface area contributed by atoms with Crippen molar-refractivity contribution in [3.63, 3.8) is 0 Å². The number of hydrogen-bond acceptors (Lipinski definition) is 7. The molecule has 0 saturated carbocycles. The van der Waals surface area contributed by atoms with Crippen molar-refractivity contribution in [2.75, 3.05) is 6.61 Å². The Morgan fingerprint density at radius 1 is 1.26 bits per heavy atom. The van der Waals surface area contributed by atoms with Crippen LogP contribution in [0.15, 0.2) is 57.3 Å². The van der Waals surface area contributed by atoms with Gasteiger partial charge in [0.05, 0.1) is 15.1 Å². The van der Waals surface area contributed by atoms with Gasteiger partial charge in [0.15, 0.2) is 16.7 Å². The van der Waals surface area contributed by atoms with E-state index in [2.05, 4.69) is 10.3 Å². The van der Waals surface area contributed by atoms with Gasteiger partial charge in [-0.2, -0.15) is 13.4 Å². The predicted octanol–water partition coefficient (Wildman–Crippen LogP) is 3.56. The summed E-state index contributed by atoms with van der Waals surface area (Å²) in [5.41, 5.74) is 0.590. The molecule has 0 radical (unpaired) electrons. The summed E-state index contributed by atoms with van der Waals surface area (Å²) in [7, 11) is -4.06. The Balaban J connectivity index is 1.93. The van der Waals surface area contributed by atoms with Crippen LogP contribution in [-0.4, -0.2) is 32.0 Å². The van der Waals surface area contributed by atoms with E-state index in [0.717, 1.165) is 11.8 Å². The van der Waals surface area contributed by atoms with Gasteiger partial charge in [-0.15, -0.1) is 0 Å². The molecule has 1 aliphatic rings. The molecule has 0 aromatic heterocycles. The van der Waals surface area contributed by atoms with E-state index in [1.165, 1.54) is 19.1 Å². The van der Waals surface area contributed by atoms with E-state index in [0.29, 0.717) is 14.0 Å². The summed E-state index contributed by atoms with van der Waals surface area (Å²) in [5, 5.41) is 2.69. The Kier molecular flexibility index (Phi) is 7.38. The molecule has 11 heteroatoms. The third-order valence-corrected chi connectivity index (χ3v) is 6.69. The van der Waals surface area contributed by atoms with Gasteiger partial charge in [0, 0.05) is 6.92 Å². The van der Waals surface area contributed by atoms with E-state index in [1.807, 2.05) is 22.6 Å². The summed E-state index contributed by atoms with van der Waals surface area (Å²) < 4.78 is 36.8. The molecule has 1 aliphatic heterocycles. The maximum absolute atomic E-state index is 12.7. The van der Waals surface area contributed by atoms with Crippen LogP contribution >= 0.6 is 34.4 Å². The quantitative estimate of drug-likeness (QED) is 0.320. The van der Waals surface area contributed by atoms with Gasteiger partial charge in [-0.05, 0) is 77.2 Å². The number of amidine groups is 1. The monoisotopic (exact) mass is 572 g/mol. The minimum Gasteiger partial charge on any atom is -0.490 e. The number of amides is 2. The number of nitrogens with zero attached hydrogens (tertiary/aromatic N) is 1. The lowest BCUT2D eigenvalue weighted by atomic mass is 10.2. The molecule has 8 nitrogen and oxygen atoms in total. The first-order chi connectivity index (χ1) is 14.7. The number of halogens is 1. The number of benzene rings is 2. The Bertz CT molecular complexity index is 1190. The second kappa shape index (κ2) is 9.83. The fourth-order valence-corrected chi connectivity index (χ4v) is 5.25. The van der Waals surface area contributed by atoms with Crippen LogP contribution in [0.3, 0.4) is 0 Å². The van der Waals surface area contributed by atoms with Gasteiger partial charge >= 0.3 is 10.1 Å². The van der Waals surface area contributed by atoms with Gasteiger partial charge < -0.3 is 14.2 Å². The Morgan fingerprint density at radius 2 is 1.97 bits per heavy atom. The zero-order valence-corrected chi connectivity index (χ0v) is 20.2. The number of carbonyl (C=O) groups is 2. The lowest BCUT2D eigenvalue weighted by molar-refractivity contribution is -0.117. The van der Waals surface area contributed by atoms with E-state index in [-0.39, 0.29) is 34.1 Å². The molecule has 2 aromatic rings. The van der Waals surface area contributed by atoms with Gasteiger partial charge in [-0.25, -0.2) is 0 Å². The van der Waals surface area contributed by atoms with Crippen molar-refractivity contribution in [2.45, 2.75) is 18.7 Å². The normalized spacial score (nSPS) is 15.0. The van der Waals surface area contributed by atoms with E-state index in [4.69, 9.17) is 8.92 Å². The van der Waals surface area contributed by atoms with Crippen molar-refractivity contribution < 1.29 is 26.9 Å². The highest BCUT2D eigenvalue weighted by Gasteiger charge is 2.24. The van der Waals surface area contributed by atoms with Crippen molar-refractivity contribution in [1.29, 1.82) is 0 Å². The van der Waals surface area contributed by atoms with Crippen LogP contribution in [0, 0.1) is 3.57 Å². The summed E-state index contributed by atoms with van der Waals surface area (Å²) in [6.07, 6.45) is 1.59. The highest BCUT2D eigenvalue weighted by Crippen LogP contribution is 2.38. The minimum atomic E-state index is -4.06. The fourth-order valence-electron chi connectivity index (χ4n) is 2.52. The van der Waals surface area contributed by atoms with Gasteiger partial charge in [0.1, 0.15) is 4.90 Å². The minimum absolute atomic E-state index is 0.0232. The van der Waals surface area contributed by atoms with Crippen LogP contribution in [0.25, 0.3) is 6.08 Å². The lowest BCUT2D eigenvalue weighted by Crippen LogP contribution is -2.23. The molecule has 2 aromatic carbocycles. The Labute approximate surface area is 197 Å². The van der Waals surface area contributed by atoms with Gasteiger partial charge in [0.25, 0.3) is 5.91 Å². The first-order valence-corrected chi connectivity index (χ1v) is 12.3. The zero-order valence-electron chi connectivity index (χ0n) is 16.4. The number of nitrogens with one attached hydrogen (secondary N) is 1. The molecule has 1 heterocycles. The number of carbonyl (C=O) groups excluding carboxylic acids is 2. The summed E-state index contributed by atoms with van der Waals surface area (Å²) in [5.74, 6) is -0.517. The molecule has 0 unspecified atom stereocenters. The molecule has 0 aliphatic carbocycles. The van der Waals surface area contributed by atoms with Crippen LogP contribution in [0.5, 0.6) is 11.5 Å². The highest BCUT2D eigenvalue weighted by atomic mass is 127. The third kappa shape index (κ3) is 5.86. The number of aliphatic imine (C=N–C) groups is 1. The van der Waals surface area contributed by atoms with Crippen molar-refractivity contribution in [2.24, 2.45) is 4.99 Å². The number of ether oxygens (including phenoxy) is 1. The molecule has 0 bridgehead atoms. The first kappa shape index (κ1) is 23.3. The average molecular weight is 572 g/mol. The van der Waals surface area contributed by atoms with E-state index in [9.17, 15) is 18.0 Å². The highest BCUT2D eigenvalue weighted by molar-refractivity contribution is 14.1.